The first-order chi connectivity index (χ1) is 12.8. The Morgan fingerprint density at radius 3 is 2.56 bits per heavy atom. The van der Waals surface area contributed by atoms with Crippen molar-refractivity contribution < 1.29 is 14.3 Å². The van der Waals surface area contributed by atoms with Gasteiger partial charge in [0, 0.05) is 10.9 Å². The van der Waals surface area contributed by atoms with Gasteiger partial charge in [-0.15, -0.1) is 0 Å². The van der Waals surface area contributed by atoms with Crippen molar-refractivity contribution in [2.75, 3.05) is 6.61 Å². The van der Waals surface area contributed by atoms with Crippen LogP contribution in [0.5, 0.6) is 0 Å². The minimum absolute atomic E-state index is 0.0856. The van der Waals surface area contributed by atoms with Crippen LogP contribution in [-0.2, 0) is 20.9 Å². The molecule has 4 saturated carbocycles. The van der Waals surface area contributed by atoms with E-state index >= 15 is 0 Å². The van der Waals surface area contributed by atoms with Crippen molar-refractivity contribution in [2.45, 2.75) is 62.7 Å². The van der Waals surface area contributed by atoms with Gasteiger partial charge in [0.05, 0.1) is 6.42 Å². The summed E-state index contributed by atoms with van der Waals surface area (Å²) in [6, 6.07) is 7.94. The van der Waals surface area contributed by atoms with E-state index in [9.17, 15) is 9.59 Å². The van der Waals surface area contributed by atoms with E-state index in [1.807, 2.05) is 31.2 Å². The smallest absolute Gasteiger partial charge is 0.306 e. The Labute approximate surface area is 169 Å². The summed E-state index contributed by atoms with van der Waals surface area (Å²) in [7, 11) is 0. The summed E-state index contributed by atoms with van der Waals surface area (Å²) in [5, 5.41) is 2.84. The molecule has 1 N–H and O–H groups in total. The summed E-state index contributed by atoms with van der Waals surface area (Å²) in [6.07, 6.45) is 7.64. The molecule has 0 radical (unpaired) electrons. The predicted molar refractivity (Wildman–Crippen MR) is 107 cm³/mol. The van der Waals surface area contributed by atoms with Gasteiger partial charge in [0.2, 0.25) is 0 Å². The molecule has 4 nitrogen and oxygen atoms in total. The number of benzene rings is 1. The Hall–Kier alpha value is -1.36. The molecule has 146 valence electrons. The zero-order valence-corrected chi connectivity index (χ0v) is 17.5. The number of hydrogen-bond donors (Lipinski definition) is 1. The highest BCUT2D eigenvalue weighted by Crippen LogP contribution is 2.65. The van der Waals surface area contributed by atoms with Crippen LogP contribution in [0.2, 0.25) is 0 Å². The molecule has 0 aliphatic heterocycles. The Morgan fingerprint density at radius 1 is 1.19 bits per heavy atom. The average Bonchev–Trinajstić information content (AvgIpc) is 2.56. The number of hydrogen-bond acceptors (Lipinski definition) is 3. The maximum atomic E-state index is 12.4. The number of carbonyl (C=O) groups excluding carboxylic acids is 2. The lowest BCUT2D eigenvalue weighted by molar-refractivity contribution is -0.154. The fourth-order valence-electron chi connectivity index (χ4n) is 6.10. The molecule has 1 aromatic rings. The molecule has 27 heavy (non-hydrogen) atoms. The van der Waals surface area contributed by atoms with Crippen LogP contribution in [0.25, 0.3) is 0 Å². The fraction of sp³-hybridized carbons (Fsp3) is 0.636. The van der Waals surface area contributed by atoms with Crippen molar-refractivity contribution in [3.63, 3.8) is 0 Å². The quantitative estimate of drug-likeness (QED) is 0.537. The third-order valence-electron chi connectivity index (χ3n) is 6.73. The number of halogens is 1. The molecule has 0 heterocycles. The topological polar surface area (TPSA) is 55.4 Å². The van der Waals surface area contributed by atoms with Crippen LogP contribution in [0.4, 0.5) is 0 Å². The van der Waals surface area contributed by atoms with Gasteiger partial charge in [-0.05, 0) is 73.8 Å². The Morgan fingerprint density at radius 2 is 1.89 bits per heavy atom. The van der Waals surface area contributed by atoms with Gasteiger partial charge in [0.1, 0.15) is 0 Å². The molecule has 0 saturated heterocycles. The largest absolute Gasteiger partial charge is 0.456 e. The number of nitrogens with one attached hydrogen (secondary N) is 1. The zero-order chi connectivity index (χ0) is 19.1. The summed E-state index contributed by atoms with van der Waals surface area (Å²) in [5.41, 5.74) is 2.30. The molecule has 0 aromatic heterocycles. The lowest BCUT2D eigenvalue weighted by Crippen LogP contribution is -2.53. The van der Waals surface area contributed by atoms with E-state index in [0.29, 0.717) is 13.0 Å². The second-order valence-electron chi connectivity index (χ2n) is 9.15. The molecular weight excluding hydrogens is 406 g/mol. The van der Waals surface area contributed by atoms with Crippen molar-refractivity contribution in [3.05, 3.63) is 35.4 Å². The van der Waals surface area contributed by atoms with Gasteiger partial charge in [0.15, 0.2) is 6.61 Å². The molecule has 2 atom stereocenters. The number of carbonyl (C=O) groups is 2. The van der Waals surface area contributed by atoms with Gasteiger partial charge < -0.3 is 10.1 Å². The normalized spacial score (nSPS) is 33.7. The standard InChI is InChI=1S/C22H28BrNO3/c1-15-4-2-3-5-18(15)12-24-19(25)13-27-20(26)11-21-7-16-6-17(8-21)10-22(23,9-16)14-21/h2-5,16-17H,6-14H2,1H3,(H,24,25). The van der Waals surface area contributed by atoms with Gasteiger partial charge in [0.25, 0.3) is 5.91 Å². The van der Waals surface area contributed by atoms with E-state index in [4.69, 9.17) is 4.74 Å². The fourth-order valence-corrected chi connectivity index (χ4v) is 7.61. The highest BCUT2D eigenvalue weighted by molar-refractivity contribution is 9.10. The van der Waals surface area contributed by atoms with E-state index < -0.39 is 0 Å². The summed E-state index contributed by atoms with van der Waals surface area (Å²) in [4.78, 5) is 24.5. The number of esters is 1. The van der Waals surface area contributed by atoms with Gasteiger partial charge in [-0.2, -0.15) is 0 Å². The van der Waals surface area contributed by atoms with Crippen molar-refractivity contribution in [2.24, 2.45) is 17.3 Å². The monoisotopic (exact) mass is 433 g/mol. The molecular formula is C22H28BrNO3. The van der Waals surface area contributed by atoms with Crippen LogP contribution in [0.15, 0.2) is 24.3 Å². The van der Waals surface area contributed by atoms with Crippen LogP contribution in [0, 0.1) is 24.2 Å². The van der Waals surface area contributed by atoms with Gasteiger partial charge in [-0.1, -0.05) is 40.2 Å². The predicted octanol–water partition coefficient (Wildman–Crippen LogP) is 4.28. The average molecular weight is 434 g/mol. The van der Waals surface area contributed by atoms with Crippen LogP contribution in [0.1, 0.15) is 56.1 Å². The first-order valence-electron chi connectivity index (χ1n) is 10.0. The van der Waals surface area contributed by atoms with E-state index in [1.54, 1.807) is 0 Å². The summed E-state index contributed by atoms with van der Waals surface area (Å²) >= 11 is 3.98. The molecule has 4 bridgehead atoms. The maximum Gasteiger partial charge on any atom is 0.306 e. The lowest BCUT2D eigenvalue weighted by atomic mass is 9.49. The second kappa shape index (κ2) is 7.23. The van der Waals surface area contributed by atoms with Crippen LogP contribution >= 0.6 is 15.9 Å². The Bertz CT molecular complexity index is 733. The Kier molecular flexibility index (Phi) is 5.08. The zero-order valence-electron chi connectivity index (χ0n) is 15.9. The second-order valence-corrected chi connectivity index (χ2v) is 10.8. The molecule has 5 heteroatoms. The van der Waals surface area contributed by atoms with Crippen LogP contribution < -0.4 is 5.32 Å². The van der Waals surface area contributed by atoms with E-state index in [2.05, 4.69) is 21.2 Å². The van der Waals surface area contributed by atoms with Crippen LogP contribution in [0.3, 0.4) is 0 Å². The number of ether oxygens (including phenoxy) is 1. The summed E-state index contributed by atoms with van der Waals surface area (Å²) in [6.45, 7) is 2.29. The lowest BCUT2D eigenvalue weighted by Gasteiger charge is -2.60. The first-order valence-corrected chi connectivity index (χ1v) is 10.8. The van der Waals surface area contributed by atoms with E-state index in [0.717, 1.165) is 42.2 Å². The minimum atomic E-state index is -0.242. The van der Waals surface area contributed by atoms with Gasteiger partial charge in [-0.3, -0.25) is 9.59 Å². The van der Waals surface area contributed by atoms with Crippen molar-refractivity contribution in [1.82, 2.24) is 5.32 Å². The van der Waals surface area contributed by atoms with Gasteiger partial charge >= 0.3 is 5.97 Å². The van der Waals surface area contributed by atoms with Crippen molar-refractivity contribution >= 4 is 27.8 Å². The third-order valence-corrected chi connectivity index (χ3v) is 7.66. The van der Waals surface area contributed by atoms with Crippen LogP contribution in [-0.4, -0.2) is 22.8 Å². The number of rotatable bonds is 6. The highest BCUT2D eigenvalue weighted by Gasteiger charge is 2.57. The van der Waals surface area contributed by atoms with Crippen molar-refractivity contribution in [1.29, 1.82) is 0 Å². The molecule has 4 fully saturated rings. The molecule has 1 amide bonds. The highest BCUT2D eigenvalue weighted by atomic mass is 79.9. The molecule has 0 spiro atoms. The number of alkyl halides is 1. The van der Waals surface area contributed by atoms with Gasteiger partial charge in [-0.25, -0.2) is 0 Å². The molecule has 1 aromatic carbocycles. The van der Waals surface area contributed by atoms with Crippen molar-refractivity contribution in [3.8, 4) is 0 Å². The SMILES string of the molecule is Cc1ccccc1CNC(=O)COC(=O)CC12CC3CC(CC(Br)(C3)C1)C2. The third kappa shape index (κ3) is 4.23. The summed E-state index contributed by atoms with van der Waals surface area (Å²) in [5.74, 6) is 1.03. The van der Waals surface area contributed by atoms with E-state index in [1.165, 1.54) is 19.3 Å². The number of aryl methyl sites for hydroxylation is 1. The summed E-state index contributed by atoms with van der Waals surface area (Å²) < 4.78 is 5.57. The minimum Gasteiger partial charge on any atom is -0.456 e. The first kappa shape index (κ1) is 19.0. The molecule has 5 rings (SSSR count). The molecule has 4 aliphatic carbocycles. The maximum absolute atomic E-state index is 12.4. The number of amides is 1. The Balaban J connectivity index is 1.25. The molecule has 4 aliphatic rings. The molecule has 2 unspecified atom stereocenters. The van der Waals surface area contributed by atoms with E-state index in [-0.39, 0.29) is 28.2 Å².